The molecule has 0 radical (unpaired) electrons. The minimum Gasteiger partial charge on any atom is -0.493 e. The standard InChI is InChI=1S/C21H25ClN2O3.ClH/c1-24(18-9-11-23-12-10-18)21(25)16-5-8-19(20(13-16)26-2)27-14-15-3-6-17(22)7-4-15;/h3-8,13,18,23H,9-12,14H2,1-2H3;1H. The summed E-state index contributed by atoms with van der Waals surface area (Å²) in [6.45, 7) is 2.29. The lowest BCUT2D eigenvalue weighted by Gasteiger charge is -2.31. The second kappa shape index (κ2) is 10.6. The lowest BCUT2D eigenvalue weighted by molar-refractivity contribution is 0.0703. The van der Waals surface area contributed by atoms with Gasteiger partial charge in [0, 0.05) is 23.7 Å². The number of hydrogen-bond donors (Lipinski definition) is 1. The van der Waals surface area contributed by atoms with E-state index in [-0.39, 0.29) is 24.4 Å². The third-order valence-corrected chi connectivity index (χ3v) is 5.15. The fraction of sp³-hybridized carbons (Fsp3) is 0.381. The van der Waals surface area contributed by atoms with Crippen LogP contribution >= 0.6 is 24.0 Å². The fourth-order valence-corrected chi connectivity index (χ4v) is 3.35. The van der Waals surface area contributed by atoms with Gasteiger partial charge in [-0.3, -0.25) is 4.79 Å². The Balaban J connectivity index is 0.00000280. The lowest BCUT2D eigenvalue weighted by atomic mass is 10.0. The molecule has 1 fully saturated rings. The molecular weight excluding hydrogens is 399 g/mol. The van der Waals surface area contributed by atoms with Gasteiger partial charge in [-0.05, 0) is 61.8 Å². The zero-order valence-electron chi connectivity index (χ0n) is 16.1. The Morgan fingerprint density at radius 2 is 1.82 bits per heavy atom. The van der Waals surface area contributed by atoms with Crippen LogP contribution in [0.4, 0.5) is 0 Å². The van der Waals surface area contributed by atoms with Crippen LogP contribution in [0.1, 0.15) is 28.8 Å². The van der Waals surface area contributed by atoms with Gasteiger partial charge in [-0.15, -0.1) is 12.4 Å². The van der Waals surface area contributed by atoms with E-state index < -0.39 is 0 Å². The number of halogens is 2. The maximum atomic E-state index is 12.8. The van der Waals surface area contributed by atoms with Gasteiger partial charge in [0.15, 0.2) is 11.5 Å². The molecule has 2 aromatic carbocycles. The quantitative estimate of drug-likeness (QED) is 0.755. The molecule has 1 heterocycles. The molecule has 0 saturated carbocycles. The Kier molecular flexibility index (Phi) is 8.42. The molecule has 0 spiro atoms. The molecule has 2 aromatic rings. The van der Waals surface area contributed by atoms with Crippen LogP contribution in [-0.2, 0) is 6.61 Å². The smallest absolute Gasteiger partial charge is 0.253 e. The van der Waals surface area contributed by atoms with Gasteiger partial charge >= 0.3 is 0 Å². The van der Waals surface area contributed by atoms with Crippen molar-refractivity contribution in [3.63, 3.8) is 0 Å². The van der Waals surface area contributed by atoms with E-state index in [2.05, 4.69) is 5.32 Å². The average molecular weight is 425 g/mol. The van der Waals surface area contributed by atoms with Crippen LogP contribution in [0.2, 0.25) is 5.02 Å². The third-order valence-electron chi connectivity index (χ3n) is 4.89. The molecule has 7 heteroatoms. The summed E-state index contributed by atoms with van der Waals surface area (Å²) in [6.07, 6.45) is 1.95. The molecule has 152 valence electrons. The number of benzene rings is 2. The minimum absolute atomic E-state index is 0. The Morgan fingerprint density at radius 1 is 1.14 bits per heavy atom. The first-order chi connectivity index (χ1) is 13.1. The molecule has 1 N–H and O–H groups in total. The normalized spacial score (nSPS) is 14.1. The van der Waals surface area contributed by atoms with Crippen molar-refractivity contribution in [2.75, 3.05) is 27.2 Å². The third kappa shape index (κ3) is 5.53. The zero-order chi connectivity index (χ0) is 19.2. The van der Waals surface area contributed by atoms with E-state index in [4.69, 9.17) is 21.1 Å². The van der Waals surface area contributed by atoms with E-state index in [1.165, 1.54) is 0 Å². The Morgan fingerprint density at radius 3 is 2.46 bits per heavy atom. The molecule has 5 nitrogen and oxygen atoms in total. The van der Waals surface area contributed by atoms with E-state index in [0.29, 0.717) is 28.7 Å². The zero-order valence-corrected chi connectivity index (χ0v) is 17.7. The van der Waals surface area contributed by atoms with Gasteiger partial charge in [-0.25, -0.2) is 0 Å². The molecule has 0 aliphatic carbocycles. The van der Waals surface area contributed by atoms with Crippen molar-refractivity contribution in [3.05, 3.63) is 58.6 Å². The van der Waals surface area contributed by atoms with Crippen molar-refractivity contribution in [2.45, 2.75) is 25.5 Å². The van der Waals surface area contributed by atoms with E-state index in [1.54, 1.807) is 25.3 Å². The van der Waals surface area contributed by atoms with Gasteiger partial charge in [-0.2, -0.15) is 0 Å². The molecule has 1 amide bonds. The van der Waals surface area contributed by atoms with Gasteiger partial charge in [0.05, 0.1) is 7.11 Å². The molecule has 0 aromatic heterocycles. The van der Waals surface area contributed by atoms with Crippen molar-refractivity contribution in [2.24, 2.45) is 0 Å². The van der Waals surface area contributed by atoms with E-state index in [0.717, 1.165) is 31.5 Å². The van der Waals surface area contributed by atoms with Gasteiger partial charge in [0.1, 0.15) is 6.61 Å². The summed E-state index contributed by atoms with van der Waals surface area (Å²) in [7, 11) is 3.45. The monoisotopic (exact) mass is 424 g/mol. The van der Waals surface area contributed by atoms with E-state index in [1.807, 2.05) is 36.2 Å². The number of hydrogen-bond acceptors (Lipinski definition) is 4. The van der Waals surface area contributed by atoms with E-state index in [9.17, 15) is 4.79 Å². The predicted octanol–water partition coefficient (Wildman–Crippen LogP) is 4.17. The number of nitrogens with one attached hydrogen (secondary N) is 1. The predicted molar refractivity (Wildman–Crippen MR) is 114 cm³/mol. The van der Waals surface area contributed by atoms with Gasteiger partial charge in [0.2, 0.25) is 0 Å². The summed E-state index contributed by atoms with van der Waals surface area (Å²) in [5, 5.41) is 4.01. The summed E-state index contributed by atoms with van der Waals surface area (Å²) in [6, 6.07) is 13.1. The number of carbonyl (C=O) groups is 1. The van der Waals surface area contributed by atoms with Crippen molar-refractivity contribution in [1.29, 1.82) is 0 Å². The summed E-state index contributed by atoms with van der Waals surface area (Å²) in [5.74, 6) is 1.16. The van der Waals surface area contributed by atoms with Gasteiger partial charge < -0.3 is 19.7 Å². The first kappa shape index (κ1) is 22.3. The van der Waals surface area contributed by atoms with E-state index >= 15 is 0 Å². The molecule has 0 atom stereocenters. The molecular formula is C21H26Cl2N2O3. The van der Waals surface area contributed by atoms with Crippen LogP contribution in [0.3, 0.4) is 0 Å². The SMILES string of the molecule is COc1cc(C(=O)N(C)C2CCNCC2)ccc1OCc1ccc(Cl)cc1.Cl. The van der Waals surface area contributed by atoms with Crippen LogP contribution in [-0.4, -0.2) is 44.1 Å². The first-order valence-corrected chi connectivity index (χ1v) is 9.49. The molecule has 3 rings (SSSR count). The second-order valence-electron chi connectivity index (χ2n) is 6.68. The highest BCUT2D eigenvalue weighted by molar-refractivity contribution is 6.30. The maximum absolute atomic E-state index is 12.8. The Labute approximate surface area is 177 Å². The molecule has 1 saturated heterocycles. The molecule has 0 bridgehead atoms. The highest BCUT2D eigenvalue weighted by atomic mass is 35.5. The topological polar surface area (TPSA) is 50.8 Å². The minimum atomic E-state index is 0. The largest absolute Gasteiger partial charge is 0.493 e. The molecule has 0 unspecified atom stereocenters. The van der Waals surface area contributed by atoms with Crippen LogP contribution < -0.4 is 14.8 Å². The number of carbonyl (C=O) groups excluding carboxylic acids is 1. The van der Waals surface area contributed by atoms with Gasteiger partial charge in [0.25, 0.3) is 5.91 Å². The number of ether oxygens (including phenoxy) is 2. The summed E-state index contributed by atoms with van der Waals surface area (Å²) in [5.41, 5.74) is 1.61. The average Bonchev–Trinajstić information content (AvgIpc) is 2.72. The van der Waals surface area contributed by atoms with Crippen LogP contribution in [0, 0.1) is 0 Å². The number of rotatable bonds is 6. The number of piperidine rings is 1. The van der Waals surface area contributed by atoms with Gasteiger partial charge in [-0.1, -0.05) is 23.7 Å². The molecule has 1 aliphatic heterocycles. The second-order valence-corrected chi connectivity index (χ2v) is 7.11. The fourth-order valence-electron chi connectivity index (χ4n) is 3.23. The van der Waals surface area contributed by atoms with Crippen molar-refractivity contribution >= 4 is 29.9 Å². The number of amides is 1. The Bertz CT molecular complexity index is 778. The van der Waals surface area contributed by atoms with Crippen LogP contribution in [0.5, 0.6) is 11.5 Å². The summed E-state index contributed by atoms with van der Waals surface area (Å²) < 4.78 is 11.3. The highest BCUT2D eigenvalue weighted by Gasteiger charge is 2.23. The van der Waals surface area contributed by atoms with Crippen molar-refractivity contribution < 1.29 is 14.3 Å². The molecule has 28 heavy (non-hydrogen) atoms. The van der Waals surface area contributed by atoms with Crippen LogP contribution in [0.15, 0.2) is 42.5 Å². The number of nitrogens with zero attached hydrogens (tertiary/aromatic N) is 1. The molecule has 1 aliphatic rings. The lowest BCUT2D eigenvalue weighted by Crippen LogP contribution is -2.43. The summed E-state index contributed by atoms with van der Waals surface area (Å²) >= 11 is 5.90. The summed E-state index contributed by atoms with van der Waals surface area (Å²) in [4.78, 5) is 14.7. The van der Waals surface area contributed by atoms with Crippen molar-refractivity contribution in [1.82, 2.24) is 10.2 Å². The maximum Gasteiger partial charge on any atom is 0.253 e. The van der Waals surface area contributed by atoms with Crippen molar-refractivity contribution in [3.8, 4) is 11.5 Å². The highest BCUT2D eigenvalue weighted by Crippen LogP contribution is 2.30. The van der Waals surface area contributed by atoms with Crippen LogP contribution in [0.25, 0.3) is 0 Å². The Hall–Kier alpha value is -1.95. The first-order valence-electron chi connectivity index (χ1n) is 9.11. The number of methoxy groups -OCH3 is 1.